The summed E-state index contributed by atoms with van der Waals surface area (Å²) in [5.41, 5.74) is 0.247. The highest BCUT2D eigenvalue weighted by atomic mass is 16.5. The number of aryl methyl sites for hydroxylation is 1. The van der Waals surface area contributed by atoms with Gasteiger partial charge in [-0.25, -0.2) is 0 Å². The zero-order chi connectivity index (χ0) is 16.0. The van der Waals surface area contributed by atoms with E-state index in [0.29, 0.717) is 18.1 Å². The minimum absolute atomic E-state index is 0.223. The molecule has 118 valence electrons. The van der Waals surface area contributed by atoms with E-state index in [0.717, 1.165) is 5.56 Å². The fraction of sp³-hybridized carbons (Fsp3) is 0.588. The Kier molecular flexibility index (Phi) is 6.21. The molecule has 0 saturated heterocycles. The van der Waals surface area contributed by atoms with Crippen LogP contribution in [-0.4, -0.2) is 29.3 Å². The van der Waals surface area contributed by atoms with E-state index in [4.69, 9.17) is 4.74 Å². The van der Waals surface area contributed by atoms with Crippen LogP contribution in [0.1, 0.15) is 39.7 Å². The van der Waals surface area contributed by atoms with Crippen LogP contribution in [0.3, 0.4) is 0 Å². The summed E-state index contributed by atoms with van der Waals surface area (Å²) in [6, 6.07) is 7.56. The Morgan fingerprint density at radius 2 is 1.86 bits per heavy atom. The molecule has 0 aliphatic rings. The molecule has 1 amide bonds. The molecule has 2 atom stereocenters. The predicted molar refractivity (Wildman–Crippen MR) is 84.4 cm³/mol. The Morgan fingerprint density at radius 3 is 2.38 bits per heavy atom. The molecule has 0 radical (unpaired) electrons. The van der Waals surface area contributed by atoms with E-state index in [-0.39, 0.29) is 12.5 Å². The zero-order valence-electron chi connectivity index (χ0n) is 13.6. The number of carbonyl (C=O) groups excluding carboxylic acids is 1. The standard InChI is InChI=1S/C17H27NO3/c1-12(2)10-17(5,20)11-18-16(19)14(4)21-15-8-6-13(3)7-9-15/h6-9,12,14,20H,10-11H2,1-5H3,(H,18,19). The molecule has 1 aromatic carbocycles. The molecule has 1 rings (SSSR count). The first kappa shape index (κ1) is 17.5. The molecular formula is C17H27NO3. The lowest BCUT2D eigenvalue weighted by molar-refractivity contribution is -0.128. The molecule has 0 aromatic heterocycles. The molecule has 4 nitrogen and oxygen atoms in total. The number of hydrogen-bond donors (Lipinski definition) is 2. The Morgan fingerprint density at radius 1 is 1.29 bits per heavy atom. The molecule has 0 aliphatic heterocycles. The molecule has 2 N–H and O–H groups in total. The van der Waals surface area contributed by atoms with Gasteiger partial charge in [0.05, 0.1) is 5.60 Å². The summed E-state index contributed by atoms with van der Waals surface area (Å²) in [5, 5.41) is 12.9. The Balaban J connectivity index is 2.46. The highest BCUT2D eigenvalue weighted by molar-refractivity contribution is 5.80. The van der Waals surface area contributed by atoms with E-state index >= 15 is 0 Å². The fourth-order valence-corrected chi connectivity index (χ4v) is 2.25. The Hall–Kier alpha value is -1.55. The van der Waals surface area contributed by atoms with E-state index in [9.17, 15) is 9.90 Å². The van der Waals surface area contributed by atoms with Crippen molar-refractivity contribution >= 4 is 5.91 Å². The van der Waals surface area contributed by atoms with Crippen molar-refractivity contribution in [1.82, 2.24) is 5.32 Å². The first-order chi connectivity index (χ1) is 9.69. The zero-order valence-corrected chi connectivity index (χ0v) is 13.6. The topological polar surface area (TPSA) is 58.6 Å². The van der Waals surface area contributed by atoms with Gasteiger partial charge in [-0.15, -0.1) is 0 Å². The van der Waals surface area contributed by atoms with Crippen molar-refractivity contribution in [3.05, 3.63) is 29.8 Å². The van der Waals surface area contributed by atoms with E-state index in [1.165, 1.54) is 0 Å². The number of nitrogens with one attached hydrogen (secondary N) is 1. The van der Waals surface area contributed by atoms with E-state index in [1.54, 1.807) is 13.8 Å². The van der Waals surface area contributed by atoms with Crippen LogP contribution in [0, 0.1) is 12.8 Å². The second kappa shape index (κ2) is 7.46. The van der Waals surface area contributed by atoms with Gasteiger partial charge in [-0.2, -0.15) is 0 Å². The van der Waals surface area contributed by atoms with Crippen LogP contribution in [0.4, 0.5) is 0 Å². The highest BCUT2D eigenvalue weighted by Crippen LogP contribution is 2.16. The van der Waals surface area contributed by atoms with Crippen LogP contribution in [-0.2, 0) is 4.79 Å². The number of hydrogen-bond acceptors (Lipinski definition) is 3. The average molecular weight is 293 g/mol. The molecular weight excluding hydrogens is 266 g/mol. The number of aliphatic hydroxyl groups is 1. The number of carbonyl (C=O) groups is 1. The van der Waals surface area contributed by atoms with Gasteiger partial charge in [-0.05, 0) is 45.2 Å². The molecule has 4 heteroatoms. The number of rotatable bonds is 7. The van der Waals surface area contributed by atoms with Gasteiger partial charge < -0.3 is 15.2 Å². The lowest BCUT2D eigenvalue weighted by atomic mass is 9.94. The largest absolute Gasteiger partial charge is 0.481 e. The summed E-state index contributed by atoms with van der Waals surface area (Å²) < 4.78 is 5.58. The summed E-state index contributed by atoms with van der Waals surface area (Å²) in [7, 11) is 0. The molecule has 0 heterocycles. The lowest BCUT2D eigenvalue weighted by Crippen LogP contribution is -2.45. The molecule has 0 saturated carbocycles. The molecule has 21 heavy (non-hydrogen) atoms. The summed E-state index contributed by atoms with van der Waals surface area (Å²) in [5.74, 6) is 0.815. The van der Waals surface area contributed by atoms with Crippen LogP contribution < -0.4 is 10.1 Å². The second-order valence-electron chi connectivity index (χ2n) is 6.39. The Labute approximate surface area is 127 Å². The SMILES string of the molecule is Cc1ccc(OC(C)C(=O)NCC(C)(O)CC(C)C)cc1. The second-order valence-corrected chi connectivity index (χ2v) is 6.39. The van der Waals surface area contributed by atoms with Crippen LogP contribution in [0.15, 0.2) is 24.3 Å². The van der Waals surface area contributed by atoms with E-state index in [2.05, 4.69) is 5.32 Å². The maximum atomic E-state index is 12.0. The monoisotopic (exact) mass is 293 g/mol. The average Bonchev–Trinajstić information content (AvgIpc) is 2.37. The first-order valence-corrected chi connectivity index (χ1v) is 7.43. The van der Waals surface area contributed by atoms with Gasteiger partial charge in [0, 0.05) is 6.54 Å². The molecule has 0 fully saturated rings. The maximum absolute atomic E-state index is 12.0. The van der Waals surface area contributed by atoms with Crippen LogP contribution in [0.25, 0.3) is 0 Å². The van der Waals surface area contributed by atoms with Gasteiger partial charge in [0.15, 0.2) is 6.10 Å². The minimum Gasteiger partial charge on any atom is -0.481 e. The van der Waals surface area contributed by atoms with Gasteiger partial charge in [-0.3, -0.25) is 4.79 Å². The summed E-state index contributed by atoms with van der Waals surface area (Å²) >= 11 is 0. The van der Waals surface area contributed by atoms with Gasteiger partial charge >= 0.3 is 0 Å². The van der Waals surface area contributed by atoms with Crippen molar-refractivity contribution < 1.29 is 14.6 Å². The summed E-state index contributed by atoms with van der Waals surface area (Å²) in [4.78, 5) is 12.0. The number of amides is 1. The van der Waals surface area contributed by atoms with Crippen LogP contribution in [0.5, 0.6) is 5.75 Å². The number of benzene rings is 1. The lowest BCUT2D eigenvalue weighted by Gasteiger charge is -2.26. The van der Waals surface area contributed by atoms with Gasteiger partial charge in [0.2, 0.25) is 0 Å². The minimum atomic E-state index is -0.895. The molecule has 0 bridgehead atoms. The van der Waals surface area contributed by atoms with Crippen molar-refractivity contribution in [3.8, 4) is 5.75 Å². The molecule has 0 aliphatic carbocycles. The summed E-state index contributed by atoms with van der Waals surface area (Å²) in [6.07, 6.45) is 0.0445. The van der Waals surface area contributed by atoms with Crippen molar-refractivity contribution in [3.63, 3.8) is 0 Å². The normalized spacial score (nSPS) is 15.4. The number of ether oxygens (including phenoxy) is 1. The Bertz CT molecular complexity index is 452. The van der Waals surface area contributed by atoms with Crippen molar-refractivity contribution in [2.24, 2.45) is 5.92 Å². The van der Waals surface area contributed by atoms with Crippen molar-refractivity contribution in [2.45, 2.75) is 52.7 Å². The van der Waals surface area contributed by atoms with Crippen LogP contribution >= 0.6 is 0 Å². The molecule has 2 unspecified atom stereocenters. The maximum Gasteiger partial charge on any atom is 0.260 e. The smallest absolute Gasteiger partial charge is 0.260 e. The van der Waals surface area contributed by atoms with Gasteiger partial charge in [0.1, 0.15) is 5.75 Å². The van der Waals surface area contributed by atoms with Crippen molar-refractivity contribution in [2.75, 3.05) is 6.54 Å². The van der Waals surface area contributed by atoms with Gasteiger partial charge in [0.25, 0.3) is 5.91 Å². The van der Waals surface area contributed by atoms with Gasteiger partial charge in [-0.1, -0.05) is 31.5 Å². The van der Waals surface area contributed by atoms with Crippen molar-refractivity contribution in [1.29, 1.82) is 0 Å². The first-order valence-electron chi connectivity index (χ1n) is 7.43. The summed E-state index contributed by atoms with van der Waals surface area (Å²) in [6.45, 7) is 9.74. The third-order valence-electron chi connectivity index (χ3n) is 3.19. The molecule has 0 spiro atoms. The predicted octanol–water partition coefficient (Wildman–Crippen LogP) is 2.68. The third kappa shape index (κ3) is 6.63. The fourth-order valence-electron chi connectivity index (χ4n) is 2.25. The van der Waals surface area contributed by atoms with E-state index < -0.39 is 11.7 Å². The van der Waals surface area contributed by atoms with E-state index in [1.807, 2.05) is 45.0 Å². The molecule has 1 aromatic rings. The van der Waals surface area contributed by atoms with Crippen LogP contribution in [0.2, 0.25) is 0 Å². The third-order valence-corrected chi connectivity index (χ3v) is 3.19. The highest BCUT2D eigenvalue weighted by Gasteiger charge is 2.24. The quantitative estimate of drug-likeness (QED) is 0.812.